The number of hydrogen-bond acceptors (Lipinski definition) is 3. The fraction of sp³-hybridized carbons (Fsp3) is 0.579. The largest absolute Gasteiger partial charge is 0.352 e. The number of carbonyl (C=O) groups is 2. The monoisotopic (exact) mass is 363 g/mol. The molecule has 136 valence electrons. The lowest BCUT2D eigenvalue weighted by molar-refractivity contribution is -0.127. The average molecular weight is 364 g/mol. The third-order valence-corrected chi connectivity index (χ3v) is 5.74. The normalized spacial score (nSPS) is 26.1. The van der Waals surface area contributed by atoms with Gasteiger partial charge in [0.05, 0.1) is 6.54 Å². The van der Waals surface area contributed by atoms with Crippen molar-refractivity contribution in [2.24, 2.45) is 11.7 Å². The van der Waals surface area contributed by atoms with Crippen LogP contribution in [0.25, 0.3) is 0 Å². The van der Waals surface area contributed by atoms with Gasteiger partial charge in [-0.2, -0.15) is 0 Å². The van der Waals surface area contributed by atoms with Crippen molar-refractivity contribution < 1.29 is 9.59 Å². The number of benzene rings is 1. The van der Waals surface area contributed by atoms with Crippen molar-refractivity contribution in [3.63, 3.8) is 0 Å². The number of nitrogens with one attached hydrogen (secondary N) is 2. The van der Waals surface area contributed by atoms with Gasteiger partial charge in [0.1, 0.15) is 0 Å². The van der Waals surface area contributed by atoms with Crippen LogP contribution in [0.4, 0.5) is 0 Å². The summed E-state index contributed by atoms with van der Waals surface area (Å²) in [6, 6.07) is 8.07. The summed E-state index contributed by atoms with van der Waals surface area (Å²) in [6.07, 6.45) is 5.49. The van der Waals surface area contributed by atoms with E-state index in [9.17, 15) is 9.59 Å². The standard InChI is InChI=1S/C19H26ClN3O2/c20-15-3-1-2-14(10-15)19(12-21)8-6-16(7-9-19)23-17(24)11-22-18(25)13-4-5-13/h1-3,10,13,16H,4-9,11-12,21H2,(H,22,25)(H,23,24). The molecule has 0 aliphatic heterocycles. The first-order chi connectivity index (χ1) is 12.0. The van der Waals surface area contributed by atoms with Crippen molar-refractivity contribution in [3.8, 4) is 0 Å². The predicted molar refractivity (Wildman–Crippen MR) is 98.3 cm³/mol. The highest BCUT2D eigenvalue weighted by atomic mass is 35.5. The quantitative estimate of drug-likeness (QED) is 0.723. The lowest BCUT2D eigenvalue weighted by Gasteiger charge is -2.40. The van der Waals surface area contributed by atoms with E-state index in [1.807, 2.05) is 18.2 Å². The topological polar surface area (TPSA) is 84.2 Å². The van der Waals surface area contributed by atoms with Gasteiger partial charge in [0.25, 0.3) is 0 Å². The lowest BCUT2D eigenvalue weighted by Crippen LogP contribution is -2.47. The zero-order valence-electron chi connectivity index (χ0n) is 14.4. The van der Waals surface area contributed by atoms with Crippen molar-refractivity contribution in [1.29, 1.82) is 0 Å². The summed E-state index contributed by atoms with van der Waals surface area (Å²) in [4.78, 5) is 23.6. The minimum atomic E-state index is -0.109. The van der Waals surface area contributed by atoms with Crippen molar-refractivity contribution in [2.45, 2.75) is 50.0 Å². The minimum absolute atomic E-state index is 0.00176. The van der Waals surface area contributed by atoms with Gasteiger partial charge >= 0.3 is 0 Å². The number of amides is 2. The maximum Gasteiger partial charge on any atom is 0.239 e. The molecule has 1 aromatic rings. The first-order valence-electron chi connectivity index (χ1n) is 9.05. The van der Waals surface area contributed by atoms with E-state index in [1.165, 1.54) is 5.56 Å². The number of nitrogens with two attached hydrogens (primary N) is 1. The zero-order chi connectivity index (χ0) is 17.9. The van der Waals surface area contributed by atoms with Gasteiger partial charge < -0.3 is 16.4 Å². The Balaban J connectivity index is 1.50. The molecule has 0 aromatic heterocycles. The van der Waals surface area contributed by atoms with Crippen LogP contribution in [0.1, 0.15) is 44.1 Å². The first kappa shape index (κ1) is 18.2. The third-order valence-electron chi connectivity index (χ3n) is 5.51. The number of hydrogen-bond donors (Lipinski definition) is 3. The Morgan fingerprint density at radius 2 is 1.92 bits per heavy atom. The summed E-state index contributed by atoms with van der Waals surface area (Å²) < 4.78 is 0. The Labute approximate surface area is 153 Å². The molecule has 0 radical (unpaired) electrons. The predicted octanol–water partition coefficient (Wildman–Crippen LogP) is 2.12. The fourth-order valence-corrected chi connectivity index (χ4v) is 3.87. The van der Waals surface area contributed by atoms with E-state index < -0.39 is 0 Å². The highest BCUT2D eigenvalue weighted by molar-refractivity contribution is 6.30. The molecule has 2 aliphatic carbocycles. The fourth-order valence-electron chi connectivity index (χ4n) is 3.68. The maximum atomic E-state index is 12.0. The second-order valence-corrected chi connectivity index (χ2v) is 7.77. The molecule has 0 atom stereocenters. The summed E-state index contributed by atoms with van der Waals surface area (Å²) in [5, 5.41) is 6.47. The van der Waals surface area contributed by atoms with Crippen molar-refractivity contribution in [2.75, 3.05) is 13.1 Å². The molecular weight excluding hydrogens is 338 g/mol. The van der Waals surface area contributed by atoms with Gasteiger partial charge in [0, 0.05) is 28.9 Å². The van der Waals surface area contributed by atoms with Gasteiger partial charge in [-0.25, -0.2) is 0 Å². The molecule has 0 spiro atoms. The highest BCUT2D eigenvalue weighted by Crippen LogP contribution is 2.39. The molecular formula is C19H26ClN3O2. The van der Waals surface area contributed by atoms with Gasteiger partial charge in [0.2, 0.25) is 11.8 Å². The maximum absolute atomic E-state index is 12.0. The van der Waals surface area contributed by atoms with Crippen LogP contribution in [0, 0.1) is 5.92 Å². The molecule has 2 fully saturated rings. The molecule has 3 rings (SSSR count). The molecule has 2 amide bonds. The Kier molecular flexibility index (Phi) is 5.64. The first-order valence-corrected chi connectivity index (χ1v) is 9.43. The van der Waals surface area contributed by atoms with Gasteiger partial charge in [-0.15, -0.1) is 0 Å². The average Bonchev–Trinajstić information content (AvgIpc) is 3.46. The highest BCUT2D eigenvalue weighted by Gasteiger charge is 2.36. The smallest absolute Gasteiger partial charge is 0.239 e. The lowest BCUT2D eigenvalue weighted by atomic mass is 9.68. The van der Waals surface area contributed by atoms with Crippen LogP contribution in [0.3, 0.4) is 0 Å². The molecule has 4 N–H and O–H groups in total. The van der Waals surface area contributed by atoms with E-state index in [-0.39, 0.29) is 35.7 Å². The van der Waals surface area contributed by atoms with Crippen LogP contribution >= 0.6 is 11.6 Å². The molecule has 0 bridgehead atoms. The van der Waals surface area contributed by atoms with Crippen LogP contribution in [0.15, 0.2) is 24.3 Å². The Morgan fingerprint density at radius 1 is 1.20 bits per heavy atom. The summed E-state index contributed by atoms with van der Waals surface area (Å²) in [6.45, 7) is 0.646. The summed E-state index contributed by atoms with van der Waals surface area (Å²) in [5.74, 6) is 0.0225. The molecule has 1 aromatic carbocycles. The van der Waals surface area contributed by atoms with Crippen LogP contribution in [0.2, 0.25) is 5.02 Å². The molecule has 6 heteroatoms. The van der Waals surface area contributed by atoms with E-state index in [1.54, 1.807) is 0 Å². The van der Waals surface area contributed by atoms with E-state index >= 15 is 0 Å². The van der Waals surface area contributed by atoms with Crippen molar-refractivity contribution >= 4 is 23.4 Å². The van der Waals surface area contributed by atoms with Crippen molar-refractivity contribution in [1.82, 2.24) is 10.6 Å². The second-order valence-electron chi connectivity index (χ2n) is 7.33. The number of rotatable bonds is 6. The molecule has 0 heterocycles. The van der Waals surface area contributed by atoms with E-state index in [4.69, 9.17) is 17.3 Å². The zero-order valence-corrected chi connectivity index (χ0v) is 15.1. The molecule has 5 nitrogen and oxygen atoms in total. The van der Waals surface area contributed by atoms with Gasteiger partial charge in [-0.1, -0.05) is 23.7 Å². The van der Waals surface area contributed by atoms with E-state index in [2.05, 4.69) is 16.7 Å². The summed E-state index contributed by atoms with van der Waals surface area (Å²) >= 11 is 6.14. The van der Waals surface area contributed by atoms with Crippen LogP contribution in [-0.2, 0) is 15.0 Å². The number of carbonyl (C=O) groups excluding carboxylic acids is 2. The van der Waals surface area contributed by atoms with Crippen LogP contribution in [0.5, 0.6) is 0 Å². The summed E-state index contributed by atoms with van der Waals surface area (Å²) in [7, 11) is 0. The van der Waals surface area contributed by atoms with Crippen molar-refractivity contribution in [3.05, 3.63) is 34.9 Å². The molecule has 0 saturated heterocycles. The van der Waals surface area contributed by atoms with Gasteiger partial charge in [-0.05, 0) is 56.2 Å². The Hall–Kier alpha value is -1.59. The van der Waals surface area contributed by atoms with E-state index in [0.29, 0.717) is 6.54 Å². The number of halogens is 1. The second kappa shape index (κ2) is 7.75. The third kappa shape index (κ3) is 4.53. The summed E-state index contributed by atoms with van der Waals surface area (Å²) in [5.41, 5.74) is 7.23. The van der Waals surface area contributed by atoms with E-state index in [0.717, 1.165) is 43.5 Å². The molecule has 25 heavy (non-hydrogen) atoms. The van der Waals surface area contributed by atoms with Crippen LogP contribution < -0.4 is 16.4 Å². The van der Waals surface area contributed by atoms with Gasteiger partial charge in [0.15, 0.2) is 0 Å². The molecule has 0 unspecified atom stereocenters. The van der Waals surface area contributed by atoms with Crippen LogP contribution in [-0.4, -0.2) is 30.9 Å². The Morgan fingerprint density at radius 3 is 2.52 bits per heavy atom. The molecule has 2 aliphatic rings. The Bertz CT molecular complexity index is 637. The molecule has 2 saturated carbocycles. The van der Waals surface area contributed by atoms with Gasteiger partial charge in [-0.3, -0.25) is 9.59 Å². The minimum Gasteiger partial charge on any atom is -0.352 e. The SMILES string of the molecule is NCC1(c2cccc(Cl)c2)CCC(NC(=O)CNC(=O)C2CC2)CC1.